The Morgan fingerprint density at radius 3 is 1.56 bits per heavy atom. The Labute approximate surface area is 200 Å². The van der Waals surface area contributed by atoms with E-state index in [1.165, 1.54) is 4.90 Å². The van der Waals surface area contributed by atoms with Crippen molar-refractivity contribution in [1.29, 1.82) is 0 Å². The first-order chi connectivity index (χ1) is 16.1. The summed E-state index contributed by atoms with van der Waals surface area (Å²) in [5.74, 6) is -0.207. The second kappa shape index (κ2) is 7.86. The second-order valence-electron chi connectivity index (χ2n) is 10.7. The molecule has 0 aromatic heterocycles. The summed E-state index contributed by atoms with van der Waals surface area (Å²) in [4.78, 5) is 45.6. The molecular formula is C27H31N3O4. The van der Waals surface area contributed by atoms with Gasteiger partial charge in [0.05, 0.1) is 13.1 Å². The summed E-state index contributed by atoms with van der Waals surface area (Å²) in [7, 11) is 0. The minimum Gasteiger partial charge on any atom is -0.444 e. The van der Waals surface area contributed by atoms with Crippen LogP contribution >= 0.6 is 0 Å². The molecule has 178 valence electrons. The van der Waals surface area contributed by atoms with Gasteiger partial charge in [0.2, 0.25) is 0 Å². The molecule has 3 aliphatic heterocycles. The highest BCUT2D eigenvalue weighted by Crippen LogP contribution is 2.52. The monoisotopic (exact) mass is 461 g/mol. The van der Waals surface area contributed by atoms with Gasteiger partial charge in [-0.25, -0.2) is 4.79 Å². The minimum atomic E-state index is -1.01. The largest absolute Gasteiger partial charge is 0.444 e. The van der Waals surface area contributed by atoms with Crippen molar-refractivity contribution in [3.63, 3.8) is 0 Å². The number of carbonyl (C=O) groups excluding carboxylic acids is 3. The number of nitrogens with zero attached hydrogens (tertiary/aromatic N) is 3. The number of hydrogen-bond donors (Lipinski definition) is 0. The van der Waals surface area contributed by atoms with E-state index in [0.717, 1.165) is 11.1 Å². The molecule has 2 atom stereocenters. The average Bonchev–Trinajstić information content (AvgIpc) is 3.18. The summed E-state index contributed by atoms with van der Waals surface area (Å²) in [6, 6.07) is 19.6. The molecule has 3 amide bonds. The first-order valence-electron chi connectivity index (χ1n) is 11.8. The van der Waals surface area contributed by atoms with E-state index < -0.39 is 22.8 Å². The van der Waals surface area contributed by atoms with Crippen LogP contribution < -0.4 is 0 Å². The number of carbonyl (C=O) groups is 3. The van der Waals surface area contributed by atoms with Gasteiger partial charge in [0.15, 0.2) is 0 Å². The zero-order valence-corrected chi connectivity index (χ0v) is 20.0. The zero-order valence-electron chi connectivity index (χ0n) is 20.0. The fraction of sp³-hybridized carbons (Fsp3) is 0.444. The number of hydrogen-bond acceptors (Lipinski definition) is 4. The summed E-state index contributed by atoms with van der Waals surface area (Å²) >= 11 is 0. The van der Waals surface area contributed by atoms with E-state index >= 15 is 0 Å². The molecule has 0 radical (unpaired) electrons. The van der Waals surface area contributed by atoms with Crippen LogP contribution in [0.2, 0.25) is 0 Å². The van der Waals surface area contributed by atoms with Gasteiger partial charge in [0.1, 0.15) is 16.7 Å². The van der Waals surface area contributed by atoms with E-state index in [2.05, 4.69) is 0 Å². The highest BCUT2D eigenvalue weighted by Gasteiger charge is 2.73. The van der Waals surface area contributed by atoms with Gasteiger partial charge in [-0.3, -0.25) is 14.5 Å². The fourth-order valence-corrected chi connectivity index (χ4v) is 5.59. The topological polar surface area (TPSA) is 70.2 Å². The van der Waals surface area contributed by atoms with E-state index in [9.17, 15) is 14.4 Å². The number of rotatable bonds is 4. The first-order valence-corrected chi connectivity index (χ1v) is 11.8. The summed E-state index contributed by atoms with van der Waals surface area (Å²) in [6.45, 7) is 7.20. The van der Waals surface area contributed by atoms with Gasteiger partial charge in [-0.05, 0) is 44.7 Å². The van der Waals surface area contributed by atoms with E-state index in [1.807, 2.05) is 60.7 Å². The summed E-state index contributed by atoms with van der Waals surface area (Å²) < 4.78 is 5.73. The molecule has 7 nitrogen and oxygen atoms in total. The third kappa shape index (κ3) is 3.54. The summed E-state index contributed by atoms with van der Waals surface area (Å²) in [6.07, 6.45) is 0.369. The van der Waals surface area contributed by atoms with Crippen LogP contribution in [0.3, 0.4) is 0 Å². The van der Waals surface area contributed by atoms with Gasteiger partial charge in [0, 0.05) is 13.1 Å². The molecule has 34 heavy (non-hydrogen) atoms. The lowest BCUT2D eigenvalue weighted by atomic mass is 9.85. The van der Waals surface area contributed by atoms with Crippen LogP contribution in [0.15, 0.2) is 60.7 Å². The quantitative estimate of drug-likeness (QED) is 0.653. The Kier molecular flexibility index (Phi) is 5.19. The minimum absolute atomic E-state index is 0.103. The summed E-state index contributed by atoms with van der Waals surface area (Å²) in [5, 5.41) is 0. The number of ether oxygens (including phenoxy) is 1. The van der Waals surface area contributed by atoms with Crippen molar-refractivity contribution in [2.45, 2.75) is 63.4 Å². The number of amides is 3. The van der Waals surface area contributed by atoms with Crippen molar-refractivity contribution in [3.8, 4) is 0 Å². The molecule has 2 unspecified atom stereocenters. The lowest BCUT2D eigenvalue weighted by Crippen LogP contribution is -2.81. The van der Waals surface area contributed by atoms with Gasteiger partial charge < -0.3 is 14.5 Å². The molecule has 3 saturated heterocycles. The summed E-state index contributed by atoms with van der Waals surface area (Å²) in [5.41, 5.74) is -0.668. The van der Waals surface area contributed by atoms with Crippen LogP contribution in [0, 0.1) is 0 Å². The molecule has 2 aromatic rings. The highest BCUT2D eigenvalue weighted by molar-refractivity contribution is 6.03. The van der Waals surface area contributed by atoms with Crippen LogP contribution in [0.1, 0.15) is 44.7 Å². The van der Waals surface area contributed by atoms with E-state index in [4.69, 9.17) is 4.74 Å². The standard InChI is InChI=1S/C27H31N3O4/c1-25(2,3)34-24(33)30-26(18-28(22(26)31)16-20-10-6-4-7-11-20)14-15-27(30)19-29(23(27)32)17-21-12-8-5-9-13-21/h4-13H,14-19H2,1-3H3. The van der Waals surface area contributed by atoms with Crippen LogP contribution in [-0.4, -0.2) is 62.4 Å². The lowest BCUT2D eigenvalue weighted by molar-refractivity contribution is -0.179. The molecule has 0 bridgehead atoms. The molecule has 2 spiro atoms. The Hall–Kier alpha value is -3.35. The van der Waals surface area contributed by atoms with Crippen molar-refractivity contribution in [2.75, 3.05) is 13.1 Å². The maximum Gasteiger partial charge on any atom is 0.412 e. The van der Waals surface area contributed by atoms with Gasteiger partial charge in [0.25, 0.3) is 11.8 Å². The number of β-lactam (4-membered cyclic amide) rings is 2. The predicted octanol–water partition coefficient (Wildman–Crippen LogP) is 3.58. The van der Waals surface area contributed by atoms with E-state index in [-0.39, 0.29) is 11.8 Å². The van der Waals surface area contributed by atoms with Gasteiger partial charge >= 0.3 is 6.09 Å². The molecule has 2 aromatic carbocycles. The second-order valence-corrected chi connectivity index (χ2v) is 10.7. The van der Waals surface area contributed by atoms with Crippen molar-refractivity contribution in [3.05, 3.63) is 71.8 Å². The van der Waals surface area contributed by atoms with Crippen molar-refractivity contribution >= 4 is 17.9 Å². The average molecular weight is 462 g/mol. The van der Waals surface area contributed by atoms with Crippen molar-refractivity contribution in [1.82, 2.24) is 14.7 Å². The maximum absolute atomic E-state index is 13.5. The molecular weight excluding hydrogens is 430 g/mol. The zero-order chi connectivity index (χ0) is 24.1. The fourth-order valence-electron chi connectivity index (χ4n) is 5.59. The third-order valence-electron chi connectivity index (χ3n) is 7.09. The van der Waals surface area contributed by atoms with Crippen molar-refractivity contribution < 1.29 is 19.1 Å². The van der Waals surface area contributed by atoms with Crippen LogP contribution in [0.5, 0.6) is 0 Å². The van der Waals surface area contributed by atoms with Crippen LogP contribution in [0.25, 0.3) is 0 Å². The SMILES string of the molecule is CC(C)(C)OC(=O)N1C2(CCC13CN(Cc1ccccc1)C3=O)CN(Cc1ccccc1)C2=O. The van der Waals surface area contributed by atoms with Gasteiger partial charge in [-0.1, -0.05) is 60.7 Å². The third-order valence-corrected chi connectivity index (χ3v) is 7.09. The van der Waals surface area contributed by atoms with Gasteiger partial charge in [-0.15, -0.1) is 0 Å². The lowest BCUT2D eigenvalue weighted by Gasteiger charge is -2.57. The molecule has 3 aliphatic rings. The molecule has 3 heterocycles. The predicted molar refractivity (Wildman–Crippen MR) is 126 cm³/mol. The van der Waals surface area contributed by atoms with Crippen LogP contribution in [0.4, 0.5) is 4.79 Å². The molecule has 0 saturated carbocycles. The van der Waals surface area contributed by atoms with E-state index in [0.29, 0.717) is 39.0 Å². The van der Waals surface area contributed by atoms with Crippen molar-refractivity contribution in [2.24, 2.45) is 0 Å². The molecule has 0 aliphatic carbocycles. The normalized spacial score (nSPS) is 26.1. The van der Waals surface area contributed by atoms with Crippen LogP contribution in [-0.2, 0) is 27.4 Å². The Bertz CT molecular complexity index is 1040. The van der Waals surface area contributed by atoms with E-state index in [1.54, 1.807) is 30.6 Å². The maximum atomic E-state index is 13.5. The molecule has 0 N–H and O–H groups in total. The highest BCUT2D eigenvalue weighted by atomic mass is 16.6. The molecule has 5 rings (SSSR count). The molecule has 7 heteroatoms. The number of likely N-dealkylation sites (tertiary alicyclic amines) is 3. The first kappa shape index (κ1) is 22.4. The van der Waals surface area contributed by atoms with Gasteiger partial charge in [-0.2, -0.15) is 0 Å². The smallest absolute Gasteiger partial charge is 0.412 e. The Morgan fingerprint density at radius 1 is 0.794 bits per heavy atom. The number of benzene rings is 2. The Balaban J connectivity index is 1.39. The Morgan fingerprint density at radius 2 is 1.21 bits per heavy atom. The molecule has 3 fully saturated rings.